The van der Waals surface area contributed by atoms with Gasteiger partial charge in [0.05, 0.1) is 11.7 Å². The van der Waals surface area contributed by atoms with E-state index < -0.39 is 0 Å². The molecule has 140 valence electrons. The lowest BCUT2D eigenvalue weighted by Crippen LogP contribution is -2.30. The molecule has 1 aromatic heterocycles. The molecule has 2 fully saturated rings. The van der Waals surface area contributed by atoms with Gasteiger partial charge in [0, 0.05) is 36.8 Å². The van der Waals surface area contributed by atoms with Crippen LogP contribution in [0.4, 0.5) is 5.69 Å². The highest BCUT2D eigenvalue weighted by molar-refractivity contribution is 8.14. The fourth-order valence-corrected chi connectivity index (χ4v) is 5.61. The van der Waals surface area contributed by atoms with Crippen LogP contribution < -0.4 is 4.90 Å². The Balaban J connectivity index is 1.46. The largest absolute Gasteiger partial charge is 0.372 e. The predicted molar refractivity (Wildman–Crippen MR) is 113 cm³/mol. The molecule has 2 saturated heterocycles. The highest BCUT2D eigenvalue weighted by Crippen LogP contribution is 2.47. The summed E-state index contributed by atoms with van der Waals surface area (Å²) < 4.78 is 0. The number of aliphatic imine (C=N–C) groups is 1. The maximum Gasteiger partial charge on any atom is 0.160 e. The molecule has 0 saturated carbocycles. The molecular weight excluding hydrogens is 352 g/mol. The summed E-state index contributed by atoms with van der Waals surface area (Å²) in [6, 6.07) is 15.7. The maximum atomic E-state index is 5.07. The molecule has 5 rings (SSSR count). The Morgan fingerprint density at radius 3 is 2.56 bits per heavy atom. The van der Waals surface area contributed by atoms with Crippen molar-refractivity contribution in [2.24, 2.45) is 4.99 Å². The van der Waals surface area contributed by atoms with Crippen LogP contribution in [0.3, 0.4) is 0 Å². The summed E-state index contributed by atoms with van der Waals surface area (Å²) in [6.45, 7) is 5.73. The average Bonchev–Trinajstić information content (AvgIpc) is 3.25. The zero-order chi connectivity index (χ0) is 18.2. The second-order valence-corrected chi connectivity index (χ2v) is 9.18. The van der Waals surface area contributed by atoms with Crippen molar-refractivity contribution in [2.75, 3.05) is 24.5 Å². The minimum absolute atomic E-state index is 0.0852. The summed E-state index contributed by atoms with van der Waals surface area (Å²) in [6.07, 6.45) is 5.87. The molecule has 4 nitrogen and oxygen atoms in total. The van der Waals surface area contributed by atoms with Crippen LogP contribution >= 0.6 is 11.8 Å². The summed E-state index contributed by atoms with van der Waals surface area (Å²) in [4.78, 5) is 14.7. The van der Waals surface area contributed by atoms with Crippen molar-refractivity contribution in [3.8, 4) is 0 Å². The summed E-state index contributed by atoms with van der Waals surface area (Å²) in [5.41, 5.74) is 3.77. The van der Waals surface area contributed by atoms with Gasteiger partial charge in [-0.05, 0) is 49.1 Å². The number of piperidine rings is 1. The number of pyridine rings is 1. The minimum atomic E-state index is 0.0852. The fraction of sp³-hybridized carbons (Fsp3) is 0.455. The van der Waals surface area contributed by atoms with Crippen LogP contribution in [0.15, 0.2) is 53.7 Å². The number of thioether (sulfide) groups is 1. The molecule has 27 heavy (non-hydrogen) atoms. The van der Waals surface area contributed by atoms with Crippen molar-refractivity contribution in [3.63, 3.8) is 0 Å². The Kier molecular flexibility index (Phi) is 4.56. The smallest absolute Gasteiger partial charge is 0.160 e. The van der Waals surface area contributed by atoms with Gasteiger partial charge >= 0.3 is 0 Å². The van der Waals surface area contributed by atoms with Crippen molar-refractivity contribution in [3.05, 3.63) is 59.9 Å². The van der Waals surface area contributed by atoms with E-state index in [0.717, 1.165) is 12.2 Å². The molecule has 3 aliphatic rings. The van der Waals surface area contributed by atoms with Gasteiger partial charge in [-0.3, -0.25) is 9.98 Å². The van der Waals surface area contributed by atoms with Gasteiger partial charge in [0.2, 0.25) is 0 Å². The van der Waals surface area contributed by atoms with Crippen LogP contribution in [-0.4, -0.2) is 39.9 Å². The Hall–Kier alpha value is -2.01. The van der Waals surface area contributed by atoms with Crippen molar-refractivity contribution in [2.45, 2.75) is 43.5 Å². The van der Waals surface area contributed by atoms with E-state index in [1.807, 2.05) is 24.0 Å². The summed E-state index contributed by atoms with van der Waals surface area (Å²) >= 11 is 1.90. The Morgan fingerprint density at radius 2 is 1.81 bits per heavy atom. The molecule has 3 aliphatic heterocycles. The molecule has 0 aliphatic carbocycles. The number of fused-ring (bicyclic) bond motifs is 1. The third kappa shape index (κ3) is 3.22. The lowest BCUT2D eigenvalue weighted by Gasteiger charge is -2.30. The third-order valence-corrected chi connectivity index (χ3v) is 6.94. The molecule has 0 spiro atoms. The zero-order valence-electron chi connectivity index (χ0n) is 15.8. The number of amidine groups is 1. The number of hydrogen-bond donors (Lipinski definition) is 0. The van der Waals surface area contributed by atoms with E-state index in [2.05, 4.69) is 58.1 Å². The first-order chi connectivity index (χ1) is 13.3. The highest BCUT2D eigenvalue weighted by atomic mass is 32.2. The number of aromatic nitrogens is 1. The zero-order valence-corrected chi connectivity index (χ0v) is 16.6. The standard InChI is InChI=1S/C22H26N4S/c1-16-15-26-21(20(24-22(26)27-16)19-7-3-4-12-23-19)17-8-10-18(11-9-17)25-13-5-2-6-14-25/h3-4,7-12,16,20-21H,2,5-6,13-15H2,1H3/t16-,20-,21-/m0/s1. The minimum Gasteiger partial charge on any atom is -0.372 e. The van der Waals surface area contributed by atoms with Crippen LogP contribution in [0.5, 0.6) is 0 Å². The van der Waals surface area contributed by atoms with E-state index in [0.29, 0.717) is 5.25 Å². The average molecular weight is 379 g/mol. The quantitative estimate of drug-likeness (QED) is 0.777. The molecule has 1 aromatic carbocycles. The molecule has 0 amide bonds. The number of hydrogen-bond acceptors (Lipinski definition) is 5. The van der Waals surface area contributed by atoms with E-state index in [9.17, 15) is 0 Å². The van der Waals surface area contributed by atoms with Gasteiger partial charge < -0.3 is 9.80 Å². The number of anilines is 1. The second kappa shape index (κ2) is 7.19. The van der Waals surface area contributed by atoms with Gasteiger partial charge in [0.1, 0.15) is 6.04 Å². The van der Waals surface area contributed by atoms with Crippen LogP contribution in [0.1, 0.15) is 49.5 Å². The number of benzene rings is 1. The van der Waals surface area contributed by atoms with Crippen molar-refractivity contribution in [1.82, 2.24) is 9.88 Å². The lowest BCUT2D eigenvalue weighted by atomic mass is 9.96. The Bertz CT molecular complexity index is 814. The van der Waals surface area contributed by atoms with Crippen LogP contribution in [0, 0.1) is 0 Å². The molecule has 5 heteroatoms. The van der Waals surface area contributed by atoms with Gasteiger partial charge in [0.25, 0.3) is 0 Å². The first-order valence-corrected chi connectivity index (χ1v) is 10.9. The van der Waals surface area contributed by atoms with Crippen molar-refractivity contribution < 1.29 is 0 Å². The van der Waals surface area contributed by atoms with Gasteiger partial charge in [-0.1, -0.05) is 36.9 Å². The third-order valence-electron chi connectivity index (χ3n) is 5.84. The van der Waals surface area contributed by atoms with E-state index in [1.165, 1.54) is 48.8 Å². The SMILES string of the molecule is C[C@H]1CN2C(=N[C@@H](c3ccccn3)[C@@H]2c2ccc(N3CCCCC3)cc2)S1. The molecule has 4 heterocycles. The van der Waals surface area contributed by atoms with Crippen molar-refractivity contribution in [1.29, 1.82) is 0 Å². The molecule has 0 radical (unpaired) electrons. The number of nitrogens with zero attached hydrogens (tertiary/aromatic N) is 4. The maximum absolute atomic E-state index is 5.07. The highest BCUT2D eigenvalue weighted by Gasteiger charge is 2.43. The fourth-order valence-electron chi connectivity index (χ4n) is 4.51. The summed E-state index contributed by atoms with van der Waals surface area (Å²) in [5.74, 6) is 0. The Labute approximate surface area is 165 Å². The van der Waals surface area contributed by atoms with Gasteiger partial charge in [0.15, 0.2) is 5.17 Å². The van der Waals surface area contributed by atoms with Gasteiger partial charge in [-0.25, -0.2) is 0 Å². The summed E-state index contributed by atoms with van der Waals surface area (Å²) in [7, 11) is 0. The van der Waals surface area contributed by atoms with Crippen molar-refractivity contribution >= 4 is 22.6 Å². The topological polar surface area (TPSA) is 31.7 Å². The van der Waals surface area contributed by atoms with Crippen LogP contribution in [0.25, 0.3) is 0 Å². The van der Waals surface area contributed by atoms with Gasteiger partial charge in [-0.2, -0.15) is 0 Å². The molecule has 0 N–H and O–H groups in total. The molecule has 3 atom stereocenters. The normalized spacial score (nSPS) is 27.6. The lowest BCUT2D eigenvalue weighted by molar-refractivity contribution is 0.321. The van der Waals surface area contributed by atoms with E-state index in [1.54, 1.807) is 0 Å². The Morgan fingerprint density at radius 1 is 1.00 bits per heavy atom. The molecule has 0 bridgehead atoms. The predicted octanol–water partition coefficient (Wildman–Crippen LogP) is 4.66. The summed E-state index contributed by atoms with van der Waals surface area (Å²) in [5, 5.41) is 1.78. The molecular formula is C22H26N4S. The van der Waals surface area contributed by atoms with E-state index >= 15 is 0 Å². The monoisotopic (exact) mass is 378 g/mol. The van der Waals surface area contributed by atoms with Crippen LogP contribution in [-0.2, 0) is 0 Å². The second-order valence-electron chi connectivity index (χ2n) is 7.78. The molecule has 2 aromatic rings. The number of rotatable bonds is 3. The van der Waals surface area contributed by atoms with E-state index in [-0.39, 0.29) is 12.1 Å². The van der Waals surface area contributed by atoms with E-state index in [4.69, 9.17) is 4.99 Å². The first kappa shape index (κ1) is 17.1. The first-order valence-electron chi connectivity index (χ1n) is 10.1. The van der Waals surface area contributed by atoms with Gasteiger partial charge in [-0.15, -0.1) is 0 Å². The van der Waals surface area contributed by atoms with Crippen LogP contribution in [0.2, 0.25) is 0 Å². The molecule has 0 unspecified atom stereocenters.